The molecular formula is C42H31N3S. The van der Waals surface area contributed by atoms with Crippen LogP contribution in [0.15, 0.2) is 134 Å². The first-order valence-electron chi connectivity index (χ1n) is 15.8. The molecule has 220 valence electrons. The fraction of sp³-hybridized carbons (Fsp3) is 0.0952. The normalized spacial score (nSPS) is 16.1. The van der Waals surface area contributed by atoms with Gasteiger partial charge in [-0.05, 0) is 40.8 Å². The fourth-order valence-corrected chi connectivity index (χ4v) is 8.96. The topological polar surface area (TPSA) is 30.7 Å². The lowest BCUT2D eigenvalue weighted by Crippen LogP contribution is -2.13. The van der Waals surface area contributed by atoms with E-state index in [1.54, 1.807) is 0 Å². The molecular weight excluding hydrogens is 579 g/mol. The van der Waals surface area contributed by atoms with Gasteiger partial charge in [-0.25, -0.2) is 9.97 Å². The minimum Gasteiger partial charge on any atom is -0.277 e. The van der Waals surface area contributed by atoms with Crippen LogP contribution in [0.3, 0.4) is 0 Å². The molecule has 0 aliphatic heterocycles. The summed E-state index contributed by atoms with van der Waals surface area (Å²) in [6, 6.07) is 36.4. The molecule has 4 heteroatoms. The lowest BCUT2D eigenvalue weighted by molar-refractivity contribution is 0.674. The number of aromatic nitrogens is 3. The highest BCUT2D eigenvalue weighted by atomic mass is 32.1. The molecule has 0 N–H and O–H groups in total. The highest BCUT2D eigenvalue weighted by molar-refractivity contribution is 7.16. The van der Waals surface area contributed by atoms with E-state index < -0.39 is 0 Å². The number of benzene rings is 4. The molecule has 0 unspecified atom stereocenters. The van der Waals surface area contributed by atoms with Gasteiger partial charge in [-0.1, -0.05) is 136 Å². The first kappa shape index (κ1) is 27.0. The third kappa shape index (κ3) is 3.83. The second kappa shape index (κ2) is 10.1. The maximum Gasteiger partial charge on any atom is 0.235 e. The molecule has 0 saturated heterocycles. The largest absolute Gasteiger partial charge is 0.277 e. The quantitative estimate of drug-likeness (QED) is 0.195. The Morgan fingerprint density at radius 1 is 0.761 bits per heavy atom. The number of nitrogens with zero attached hydrogens (tertiary/aromatic N) is 3. The van der Waals surface area contributed by atoms with E-state index in [2.05, 4.69) is 146 Å². The van der Waals surface area contributed by atoms with Crippen molar-refractivity contribution in [1.82, 2.24) is 14.5 Å². The average Bonchev–Trinajstić information content (AvgIpc) is 3.71. The number of allylic oxidation sites excluding steroid dienone is 5. The van der Waals surface area contributed by atoms with Crippen molar-refractivity contribution in [2.75, 3.05) is 0 Å². The third-order valence-corrected chi connectivity index (χ3v) is 11.1. The summed E-state index contributed by atoms with van der Waals surface area (Å²) < 4.78 is 2.32. The summed E-state index contributed by atoms with van der Waals surface area (Å²) in [5, 5.41) is 2.26. The van der Waals surface area contributed by atoms with Gasteiger partial charge in [0.25, 0.3) is 0 Å². The molecule has 3 aromatic heterocycles. The molecule has 0 spiro atoms. The predicted molar refractivity (Wildman–Crippen MR) is 194 cm³/mol. The Bertz CT molecular complexity index is 2430. The Kier molecular flexibility index (Phi) is 5.93. The van der Waals surface area contributed by atoms with Crippen LogP contribution in [0.25, 0.3) is 66.3 Å². The van der Waals surface area contributed by atoms with Crippen molar-refractivity contribution in [3.63, 3.8) is 0 Å². The second-order valence-electron chi connectivity index (χ2n) is 12.6. The standard InChI is InChI=1S/C42H31N3S/c1-26-16-6-4-9-20-29-28-19-12-15-25-34(28)45(41-43-33-24-14-11-22-31(33)37(44-41)27-17-7-5-8-18-27)38(29)39-35(26)36-30-21-10-13-23-32(30)42(2,3)40(36)46-39/h4-19,21-25H,1,20H2,2-3H3/b9-4-,16-6-. The number of hydrogen-bond acceptors (Lipinski definition) is 3. The van der Waals surface area contributed by atoms with E-state index >= 15 is 0 Å². The molecule has 0 fully saturated rings. The van der Waals surface area contributed by atoms with Crippen LogP contribution in [0.5, 0.6) is 0 Å². The van der Waals surface area contributed by atoms with Gasteiger partial charge in [0.1, 0.15) is 0 Å². The van der Waals surface area contributed by atoms with E-state index in [1.165, 1.54) is 43.0 Å². The predicted octanol–water partition coefficient (Wildman–Crippen LogP) is 11.0. The SMILES string of the molecule is C=C1/C=C\C=C/Cc2c(n(-c3nc(-c4ccccc4)c4ccccc4n3)c3ccccc23)-c2sc3c(c21)-c1ccccc1C3(C)C. The van der Waals surface area contributed by atoms with Crippen LogP contribution in [-0.2, 0) is 11.8 Å². The van der Waals surface area contributed by atoms with Crippen molar-refractivity contribution >= 4 is 38.7 Å². The van der Waals surface area contributed by atoms with Crippen molar-refractivity contribution in [2.24, 2.45) is 0 Å². The zero-order valence-electron chi connectivity index (χ0n) is 25.8. The van der Waals surface area contributed by atoms with Gasteiger partial charge in [0.15, 0.2) is 0 Å². The van der Waals surface area contributed by atoms with Gasteiger partial charge in [-0.3, -0.25) is 4.57 Å². The number of hydrogen-bond donors (Lipinski definition) is 0. The van der Waals surface area contributed by atoms with Gasteiger partial charge in [0, 0.05) is 37.8 Å². The summed E-state index contributed by atoms with van der Waals surface area (Å²) in [6.07, 6.45) is 9.48. The van der Waals surface area contributed by atoms with Gasteiger partial charge in [0.05, 0.1) is 27.3 Å². The second-order valence-corrected chi connectivity index (χ2v) is 13.7. The van der Waals surface area contributed by atoms with E-state index in [9.17, 15) is 0 Å². The molecule has 9 rings (SSSR count). The van der Waals surface area contributed by atoms with Gasteiger partial charge in [-0.15, -0.1) is 11.3 Å². The van der Waals surface area contributed by atoms with Crippen LogP contribution in [0, 0.1) is 0 Å². The molecule has 0 bridgehead atoms. The minimum atomic E-state index is -0.122. The van der Waals surface area contributed by atoms with E-state index in [1.807, 2.05) is 17.4 Å². The molecule has 46 heavy (non-hydrogen) atoms. The summed E-state index contributed by atoms with van der Waals surface area (Å²) in [5.41, 5.74) is 12.6. The molecule has 2 aliphatic carbocycles. The molecule has 4 aromatic carbocycles. The number of thiophene rings is 1. The van der Waals surface area contributed by atoms with Gasteiger partial charge in [-0.2, -0.15) is 0 Å². The summed E-state index contributed by atoms with van der Waals surface area (Å²) >= 11 is 1.91. The van der Waals surface area contributed by atoms with Crippen LogP contribution in [0.1, 0.15) is 35.4 Å². The van der Waals surface area contributed by atoms with E-state index in [4.69, 9.17) is 9.97 Å². The Hall–Kier alpha value is -5.32. The van der Waals surface area contributed by atoms with Gasteiger partial charge in [0.2, 0.25) is 5.95 Å². The molecule has 0 saturated carbocycles. The Morgan fingerprint density at radius 3 is 2.37 bits per heavy atom. The van der Waals surface area contributed by atoms with Crippen LogP contribution in [0.2, 0.25) is 0 Å². The van der Waals surface area contributed by atoms with Crippen LogP contribution >= 0.6 is 11.3 Å². The fourth-order valence-electron chi connectivity index (χ4n) is 7.43. The van der Waals surface area contributed by atoms with E-state index in [-0.39, 0.29) is 5.41 Å². The van der Waals surface area contributed by atoms with Crippen molar-refractivity contribution in [1.29, 1.82) is 0 Å². The van der Waals surface area contributed by atoms with Crippen LogP contribution < -0.4 is 0 Å². The molecule has 0 atom stereocenters. The first-order chi connectivity index (χ1) is 22.5. The van der Waals surface area contributed by atoms with Crippen LogP contribution in [-0.4, -0.2) is 14.5 Å². The van der Waals surface area contributed by atoms with Crippen molar-refractivity contribution < 1.29 is 0 Å². The van der Waals surface area contributed by atoms with E-state index in [0.717, 1.165) is 45.4 Å². The third-order valence-electron chi connectivity index (χ3n) is 9.57. The van der Waals surface area contributed by atoms with E-state index in [0.29, 0.717) is 5.95 Å². The Morgan fingerprint density at radius 2 is 1.50 bits per heavy atom. The Balaban J connectivity index is 1.43. The number of rotatable bonds is 2. The summed E-state index contributed by atoms with van der Waals surface area (Å²) in [5.74, 6) is 0.677. The summed E-state index contributed by atoms with van der Waals surface area (Å²) in [7, 11) is 0. The highest BCUT2D eigenvalue weighted by Crippen LogP contribution is 2.59. The molecule has 0 radical (unpaired) electrons. The highest BCUT2D eigenvalue weighted by Gasteiger charge is 2.41. The molecule has 3 heterocycles. The molecule has 3 nitrogen and oxygen atoms in total. The number of fused-ring (bicyclic) bond motifs is 10. The monoisotopic (exact) mass is 609 g/mol. The average molecular weight is 610 g/mol. The molecule has 7 aromatic rings. The molecule has 2 aliphatic rings. The maximum atomic E-state index is 5.39. The lowest BCUT2D eigenvalue weighted by Gasteiger charge is -2.20. The summed E-state index contributed by atoms with van der Waals surface area (Å²) in [6.45, 7) is 9.38. The number of para-hydroxylation sites is 2. The van der Waals surface area contributed by atoms with Gasteiger partial charge >= 0.3 is 0 Å². The zero-order valence-corrected chi connectivity index (χ0v) is 26.6. The summed E-state index contributed by atoms with van der Waals surface area (Å²) in [4.78, 5) is 13.3. The zero-order chi connectivity index (χ0) is 31.0. The Labute approximate surface area is 272 Å². The van der Waals surface area contributed by atoms with Crippen molar-refractivity contribution in [3.8, 4) is 38.9 Å². The smallest absolute Gasteiger partial charge is 0.235 e. The van der Waals surface area contributed by atoms with Crippen LogP contribution in [0.4, 0.5) is 0 Å². The minimum absolute atomic E-state index is 0.122. The molecule has 0 amide bonds. The van der Waals surface area contributed by atoms with Crippen molar-refractivity contribution in [2.45, 2.75) is 25.7 Å². The van der Waals surface area contributed by atoms with Crippen molar-refractivity contribution in [3.05, 3.63) is 156 Å². The van der Waals surface area contributed by atoms with Gasteiger partial charge < -0.3 is 0 Å². The maximum absolute atomic E-state index is 5.39. The lowest BCUT2D eigenvalue weighted by atomic mass is 9.87. The first-order valence-corrected chi connectivity index (χ1v) is 16.6.